The third kappa shape index (κ3) is 4.20. The molecule has 6 nitrogen and oxygen atoms in total. The van der Waals surface area contributed by atoms with Gasteiger partial charge in [0.2, 0.25) is 0 Å². The van der Waals surface area contributed by atoms with Crippen molar-refractivity contribution in [2.24, 2.45) is 0 Å². The van der Waals surface area contributed by atoms with Gasteiger partial charge in [-0.25, -0.2) is 4.39 Å². The van der Waals surface area contributed by atoms with Crippen molar-refractivity contribution in [1.82, 2.24) is 0 Å². The van der Waals surface area contributed by atoms with Crippen LogP contribution in [0.4, 0.5) is 10.1 Å². The number of nitro groups is 1. The maximum Gasteiger partial charge on any atom is 0.282 e. The molecule has 0 unspecified atom stereocenters. The van der Waals surface area contributed by atoms with Crippen LogP contribution in [0.3, 0.4) is 0 Å². The van der Waals surface area contributed by atoms with Crippen LogP contribution in [-0.4, -0.2) is 25.7 Å². The minimum absolute atomic E-state index is 0.0187. The Bertz CT molecular complexity index is 722. The second kappa shape index (κ2) is 8.26. The normalized spacial score (nSPS) is 10.5. The number of nitrogens with two attached hydrogens (primary N) is 1. The van der Waals surface area contributed by atoms with Gasteiger partial charge in [-0.05, 0) is 17.7 Å². The average Bonchev–Trinajstić information content (AvgIpc) is 2.59. The quantitative estimate of drug-likeness (QED) is 0.455. The number of quaternary nitrogens is 1. The fraction of sp³-hybridized carbons (Fsp3) is 0.294. The van der Waals surface area contributed by atoms with Gasteiger partial charge in [-0.1, -0.05) is 18.2 Å². The third-order valence-electron chi connectivity index (χ3n) is 3.72. The van der Waals surface area contributed by atoms with E-state index < -0.39 is 4.92 Å². The molecule has 2 rings (SSSR count). The summed E-state index contributed by atoms with van der Waals surface area (Å²) in [5.74, 6) is 0.530. The van der Waals surface area contributed by atoms with E-state index in [1.54, 1.807) is 24.3 Å². The SMILES string of the molecule is COc1cc(C[NH2+]CCc2ccccc2F)c([N+](=O)[O-])cc1OC. The van der Waals surface area contributed by atoms with E-state index in [2.05, 4.69) is 0 Å². The van der Waals surface area contributed by atoms with Crippen LogP contribution in [0.1, 0.15) is 11.1 Å². The molecule has 2 N–H and O–H groups in total. The Morgan fingerprint density at radius 3 is 2.42 bits per heavy atom. The molecule has 0 aromatic heterocycles. The molecule has 0 aliphatic heterocycles. The Morgan fingerprint density at radius 2 is 1.79 bits per heavy atom. The van der Waals surface area contributed by atoms with Crippen molar-refractivity contribution in [2.75, 3.05) is 20.8 Å². The van der Waals surface area contributed by atoms with Crippen LogP contribution < -0.4 is 14.8 Å². The lowest BCUT2D eigenvalue weighted by Gasteiger charge is -2.10. The van der Waals surface area contributed by atoms with Gasteiger partial charge in [0.25, 0.3) is 5.69 Å². The fourth-order valence-corrected chi connectivity index (χ4v) is 2.46. The second-order valence-corrected chi connectivity index (χ2v) is 5.22. The van der Waals surface area contributed by atoms with Gasteiger partial charge in [0.05, 0.1) is 37.3 Å². The topological polar surface area (TPSA) is 78.2 Å². The van der Waals surface area contributed by atoms with E-state index in [4.69, 9.17) is 9.47 Å². The first kappa shape index (κ1) is 17.7. The first-order chi connectivity index (χ1) is 11.6. The number of hydrogen-bond donors (Lipinski definition) is 1. The monoisotopic (exact) mass is 335 g/mol. The molecule has 0 saturated carbocycles. The Labute approximate surface area is 139 Å². The summed E-state index contributed by atoms with van der Waals surface area (Å²) in [7, 11) is 2.91. The molecule has 0 radical (unpaired) electrons. The Hall–Kier alpha value is -2.67. The minimum atomic E-state index is -0.442. The third-order valence-corrected chi connectivity index (χ3v) is 3.72. The minimum Gasteiger partial charge on any atom is -0.493 e. The summed E-state index contributed by atoms with van der Waals surface area (Å²) in [6.07, 6.45) is 0.549. The number of halogens is 1. The lowest BCUT2D eigenvalue weighted by molar-refractivity contribution is -0.670. The van der Waals surface area contributed by atoms with Gasteiger partial charge in [-0.15, -0.1) is 0 Å². The molecule has 128 valence electrons. The summed E-state index contributed by atoms with van der Waals surface area (Å²) in [5.41, 5.74) is 1.15. The summed E-state index contributed by atoms with van der Waals surface area (Å²) in [6.45, 7) is 1.01. The highest BCUT2D eigenvalue weighted by atomic mass is 19.1. The molecule has 0 aliphatic rings. The summed E-state index contributed by atoms with van der Waals surface area (Å²) in [4.78, 5) is 10.8. The van der Waals surface area contributed by atoms with E-state index in [9.17, 15) is 14.5 Å². The fourth-order valence-electron chi connectivity index (χ4n) is 2.46. The van der Waals surface area contributed by atoms with E-state index in [1.807, 2.05) is 5.32 Å². The van der Waals surface area contributed by atoms with E-state index >= 15 is 0 Å². The van der Waals surface area contributed by atoms with Crippen LogP contribution in [-0.2, 0) is 13.0 Å². The van der Waals surface area contributed by atoms with Crippen LogP contribution >= 0.6 is 0 Å². The standard InChI is InChI=1S/C17H19FN2O4/c1-23-16-9-13(15(20(21)22)10-17(16)24-2)11-19-8-7-12-5-3-4-6-14(12)18/h3-6,9-10,19H,7-8,11H2,1-2H3/p+1. The summed E-state index contributed by atoms with van der Waals surface area (Å²) < 4.78 is 23.8. The maximum atomic E-state index is 13.6. The van der Waals surface area contributed by atoms with Crippen molar-refractivity contribution in [3.05, 3.63) is 63.5 Å². The van der Waals surface area contributed by atoms with Crippen LogP contribution in [0.2, 0.25) is 0 Å². The van der Waals surface area contributed by atoms with Gasteiger partial charge < -0.3 is 14.8 Å². The zero-order valence-corrected chi connectivity index (χ0v) is 13.6. The van der Waals surface area contributed by atoms with Crippen LogP contribution in [0.15, 0.2) is 36.4 Å². The molecular formula is C17H20FN2O4+. The van der Waals surface area contributed by atoms with Crippen molar-refractivity contribution in [3.8, 4) is 11.5 Å². The van der Waals surface area contributed by atoms with Gasteiger partial charge in [0.1, 0.15) is 12.4 Å². The molecule has 2 aromatic rings. The van der Waals surface area contributed by atoms with Crippen molar-refractivity contribution in [3.63, 3.8) is 0 Å². The summed E-state index contributed by atoms with van der Waals surface area (Å²) in [5, 5.41) is 13.1. The number of hydrogen-bond acceptors (Lipinski definition) is 4. The Balaban J connectivity index is 2.06. The molecule has 0 aliphatic carbocycles. The molecule has 0 bridgehead atoms. The first-order valence-corrected chi connectivity index (χ1v) is 7.51. The van der Waals surface area contributed by atoms with Crippen molar-refractivity contribution in [1.29, 1.82) is 0 Å². The van der Waals surface area contributed by atoms with Crippen LogP contribution in [0.5, 0.6) is 11.5 Å². The van der Waals surface area contributed by atoms with E-state index in [-0.39, 0.29) is 11.5 Å². The van der Waals surface area contributed by atoms with E-state index in [0.717, 1.165) is 0 Å². The van der Waals surface area contributed by atoms with Crippen LogP contribution in [0, 0.1) is 15.9 Å². The lowest BCUT2D eigenvalue weighted by atomic mass is 10.1. The Morgan fingerprint density at radius 1 is 1.12 bits per heavy atom. The number of ether oxygens (including phenoxy) is 2. The largest absolute Gasteiger partial charge is 0.493 e. The van der Waals surface area contributed by atoms with Gasteiger partial charge >= 0.3 is 0 Å². The zero-order chi connectivity index (χ0) is 17.5. The average molecular weight is 335 g/mol. The Kier molecular flexibility index (Phi) is 6.08. The molecular weight excluding hydrogens is 315 g/mol. The molecule has 0 atom stereocenters. The van der Waals surface area contributed by atoms with Crippen molar-refractivity contribution < 1.29 is 24.1 Å². The number of nitrogens with zero attached hydrogens (tertiary/aromatic N) is 1. The highest BCUT2D eigenvalue weighted by Gasteiger charge is 2.20. The number of methoxy groups -OCH3 is 2. The molecule has 0 saturated heterocycles. The van der Waals surface area contributed by atoms with E-state index in [0.29, 0.717) is 42.1 Å². The predicted molar refractivity (Wildman–Crippen MR) is 86.8 cm³/mol. The summed E-state index contributed by atoms with van der Waals surface area (Å²) in [6, 6.07) is 9.57. The smallest absolute Gasteiger partial charge is 0.282 e. The zero-order valence-electron chi connectivity index (χ0n) is 13.6. The van der Waals surface area contributed by atoms with Gasteiger partial charge in [0, 0.05) is 6.42 Å². The van der Waals surface area contributed by atoms with Crippen LogP contribution in [0.25, 0.3) is 0 Å². The molecule has 24 heavy (non-hydrogen) atoms. The summed E-state index contributed by atoms with van der Waals surface area (Å²) >= 11 is 0. The van der Waals surface area contributed by atoms with E-state index in [1.165, 1.54) is 26.4 Å². The number of nitro benzene ring substituents is 1. The second-order valence-electron chi connectivity index (χ2n) is 5.22. The van der Waals surface area contributed by atoms with Crippen molar-refractivity contribution >= 4 is 5.69 Å². The molecule has 0 fully saturated rings. The van der Waals surface area contributed by atoms with Crippen molar-refractivity contribution in [2.45, 2.75) is 13.0 Å². The van der Waals surface area contributed by atoms with Gasteiger partial charge in [0.15, 0.2) is 11.5 Å². The molecule has 0 heterocycles. The highest BCUT2D eigenvalue weighted by Crippen LogP contribution is 2.34. The highest BCUT2D eigenvalue weighted by molar-refractivity contribution is 5.53. The number of benzene rings is 2. The van der Waals surface area contributed by atoms with Gasteiger partial charge in [-0.3, -0.25) is 10.1 Å². The molecule has 0 spiro atoms. The number of rotatable bonds is 8. The first-order valence-electron chi connectivity index (χ1n) is 7.51. The molecule has 7 heteroatoms. The molecule has 2 aromatic carbocycles. The predicted octanol–water partition coefficient (Wildman–Crippen LogP) is 2.06. The van der Waals surface area contributed by atoms with Gasteiger partial charge in [-0.2, -0.15) is 0 Å². The maximum absolute atomic E-state index is 13.6. The lowest BCUT2D eigenvalue weighted by Crippen LogP contribution is -2.83. The molecule has 0 amide bonds.